The lowest BCUT2D eigenvalue weighted by molar-refractivity contribution is 0.0203. The summed E-state index contributed by atoms with van der Waals surface area (Å²) < 4.78 is 10.4. The zero-order chi connectivity index (χ0) is 13.2. The van der Waals surface area contributed by atoms with Gasteiger partial charge in [0.05, 0.1) is 0 Å². The van der Waals surface area contributed by atoms with E-state index in [1.165, 1.54) is 0 Å². The van der Waals surface area contributed by atoms with Gasteiger partial charge >= 0.3 is 6.16 Å². The molecule has 0 aliphatic heterocycles. The van der Waals surface area contributed by atoms with Gasteiger partial charge in [-0.15, -0.1) is 0 Å². The van der Waals surface area contributed by atoms with Crippen molar-refractivity contribution in [2.45, 2.75) is 47.1 Å². The Bertz CT molecular complexity index is 428. The van der Waals surface area contributed by atoms with E-state index in [2.05, 4.69) is 0 Å². The van der Waals surface area contributed by atoms with E-state index in [0.29, 0.717) is 5.75 Å². The van der Waals surface area contributed by atoms with Gasteiger partial charge in [-0.1, -0.05) is 12.1 Å². The van der Waals surface area contributed by atoms with Crippen LogP contribution in [0.4, 0.5) is 4.79 Å². The third-order valence-electron chi connectivity index (χ3n) is 2.45. The summed E-state index contributed by atoms with van der Waals surface area (Å²) in [6.07, 6.45) is -0.658. The SMILES string of the molecule is Cc1ccc(C)c(OC(=O)OC(C)(C)C)c1C. The van der Waals surface area contributed by atoms with Gasteiger partial charge in [-0.25, -0.2) is 4.79 Å². The number of hydrogen-bond donors (Lipinski definition) is 0. The first-order valence-corrected chi connectivity index (χ1v) is 5.68. The summed E-state index contributed by atoms with van der Waals surface area (Å²) in [6.45, 7) is 11.3. The number of aryl methyl sites for hydroxylation is 2. The standard InChI is InChI=1S/C14H20O3/c1-9-7-8-10(2)12(11(9)3)16-13(15)17-14(4,5)6/h7-8H,1-6H3. The maximum absolute atomic E-state index is 11.6. The molecule has 0 aromatic heterocycles. The highest BCUT2D eigenvalue weighted by Crippen LogP contribution is 2.26. The second-order valence-corrected chi connectivity index (χ2v) is 5.22. The zero-order valence-corrected chi connectivity index (χ0v) is 11.4. The second-order valence-electron chi connectivity index (χ2n) is 5.22. The van der Waals surface area contributed by atoms with Crippen molar-refractivity contribution in [3.05, 3.63) is 28.8 Å². The molecule has 0 saturated carbocycles. The molecule has 0 amide bonds. The van der Waals surface area contributed by atoms with Crippen LogP contribution < -0.4 is 4.74 Å². The molecule has 3 nitrogen and oxygen atoms in total. The van der Waals surface area contributed by atoms with Crippen LogP contribution in [0.2, 0.25) is 0 Å². The molecule has 0 unspecified atom stereocenters. The summed E-state index contributed by atoms with van der Waals surface area (Å²) in [5.41, 5.74) is 2.45. The first-order chi connectivity index (χ1) is 7.70. The Hall–Kier alpha value is -1.51. The molecule has 0 N–H and O–H groups in total. The molecule has 1 aromatic carbocycles. The van der Waals surface area contributed by atoms with Gasteiger partial charge in [0.25, 0.3) is 0 Å². The first kappa shape index (κ1) is 13.6. The number of rotatable bonds is 1. The van der Waals surface area contributed by atoms with Crippen LogP contribution in [0.25, 0.3) is 0 Å². The largest absolute Gasteiger partial charge is 0.514 e. The average molecular weight is 236 g/mol. The minimum Gasteiger partial charge on any atom is -0.428 e. The van der Waals surface area contributed by atoms with Gasteiger partial charge < -0.3 is 9.47 Å². The molecule has 1 aromatic rings. The lowest BCUT2D eigenvalue weighted by Gasteiger charge is -2.20. The highest BCUT2D eigenvalue weighted by atomic mass is 16.7. The molecule has 17 heavy (non-hydrogen) atoms. The third-order valence-corrected chi connectivity index (χ3v) is 2.45. The Morgan fingerprint density at radius 2 is 1.59 bits per heavy atom. The summed E-state index contributed by atoms with van der Waals surface area (Å²) in [7, 11) is 0. The van der Waals surface area contributed by atoms with Crippen molar-refractivity contribution in [1.82, 2.24) is 0 Å². The Morgan fingerprint density at radius 3 is 2.12 bits per heavy atom. The van der Waals surface area contributed by atoms with Crippen LogP contribution >= 0.6 is 0 Å². The van der Waals surface area contributed by atoms with Crippen molar-refractivity contribution in [1.29, 1.82) is 0 Å². The Balaban J connectivity index is 2.89. The predicted molar refractivity (Wildman–Crippen MR) is 67.5 cm³/mol. The van der Waals surface area contributed by atoms with Crippen molar-refractivity contribution in [2.75, 3.05) is 0 Å². The van der Waals surface area contributed by atoms with Gasteiger partial charge in [0.15, 0.2) is 0 Å². The van der Waals surface area contributed by atoms with E-state index in [1.54, 1.807) is 0 Å². The fraction of sp³-hybridized carbons (Fsp3) is 0.500. The topological polar surface area (TPSA) is 35.5 Å². The number of carbonyl (C=O) groups excluding carboxylic acids is 1. The van der Waals surface area contributed by atoms with Gasteiger partial charge in [0, 0.05) is 0 Å². The van der Waals surface area contributed by atoms with Crippen molar-refractivity contribution < 1.29 is 14.3 Å². The van der Waals surface area contributed by atoms with Crippen molar-refractivity contribution in [3.63, 3.8) is 0 Å². The Labute approximate surface area is 103 Å². The normalized spacial score (nSPS) is 11.2. The fourth-order valence-electron chi connectivity index (χ4n) is 1.44. The van der Waals surface area contributed by atoms with Gasteiger partial charge in [0.1, 0.15) is 11.4 Å². The van der Waals surface area contributed by atoms with Crippen molar-refractivity contribution in [2.24, 2.45) is 0 Å². The zero-order valence-electron chi connectivity index (χ0n) is 11.4. The smallest absolute Gasteiger partial charge is 0.428 e. The molecule has 0 radical (unpaired) electrons. The van der Waals surface area contributed by atoms with E-state index < -0.39 is 11.8 Å². The van der Waals surface area contributed by atoms with Crippen LogP contribution in [0.1, 0.15) is 37.5 Å². The number of hydrogen-bond acceptors (Lipinski definition) is 3. The third kappa shape index (κ3) is 3.77. The lowest BCUT2D eigenvalue weighted by atomic mass is 10.1. The van der Waals surface area contributed by atoms with Crippen LogP contribution in [0.5, 0.6) is 5.75 Å². The summed E-state index contributed by atoms with van der Waals surface area (Å²) in [6, 6.07) is 3.94. The summed E-state index contributed by atoms with van der Waals surface area (Å²) in [4.78, 5) is 11.6. The summed E-state index contributed by atoms with van der Waals surface area (Å²) in [5.74, 6) is 0.597. The van der Waals surface area contributed by atoms with Crippen LogP contribution in [0.3, 0.4) is 0 Å². The summed E-state index contributed by atoms with van der Waals surface area (Å²) >= 11 is 0. The van der Waals surface area contributed by atoms with Crippen LogP contribution in [-0.4, -0.2) is 11.8 Å². The number of ether oxygens (including phenoxy) is 2. The van der Waals surface area contributed by atoms with E-state index in [-0.39, 0.29) is 0 Å². The molecule has 1 rings (SSSR count). The molecular formula is C14H20O3. The van der Waals surface area contributed by atoms with Crippen molar-refractivity contribution in [3.8, 4) is 5.75 Å². The lowest BCUT2D eigenvalue weighted by Crippen LogP contribution is -2.26. The quantitative estimate of drug-likeness (QED) is 0.547. The van der Waals surface area contributed by atoms with E-state index in [4.69, 9.17) is 9.47 Å². The molecule has 3 heteroatoms. The van der Waals surface area contributed by atoms with Gasteiger partial charge in [-0.3, -0.25) is 0 Å². The molecule has 0 spiro atoms. The van der Waals surface area contributed by atoms with E-state index in [9.17, 15) is 4.79 Å². The van der Waals surface area contributed by atoms with Crippen LogP contribution in [-0.2, 0) is 4.74 Å². The molecule has 0 aliphatic rings. The Kier molecular flexibility index (Phi) is 3.81. The average Bonchev–Trinajstić information content (AvgIpc) is 2.16. The van der Waals surface area contributed by atoms with Crippen molar-refractivity contribution >= 4 is 6.16 Å². The molecule has 0 bridgehead atoms. The minimum atomic E-state index is -0.658. The van der Waals surface area contributed by atoms with Gasteiger partial charge in [-0.2, -0.15) is 0 Å². The molecular weight excluding hydrogens is 216 g/mol. The van der Waals surface area contributed by atoms with Crippen LogP contribution in [0, 0.1) is 20.8 Å². The molecule has 94 valence electrons. The second kappa shape index (κ2) is 4.78. The molecule has 0 heterocycles. The number of carbonyl (C=O) groups is 1. The molecule has 0 atom stereocenters. The van der Waals surface area contributed by atoms with Crippen LogP contribution in [0.15, 0.2) is 12.1 Å². The van der Waals surface area contributed by atoms with Gasteiger partial charge in [-0.05, 0) is 58.2 Å². The van der Waals surface area contributed by atoms with E-state index in [1.807, 2.05) is 53.7 Å². The van der Waals surface area contributed by atoms with Gasteiger partial charge in [0.2, 0.25) is 0 Å². The maximum Gasteiger partial charge on any atom is 0.514 e. The first-order valence-electron chi connectivity index (χ1n) is 5.68. The maximum atomic E-state index is 11.6. The molecule has 0 aliphatic carbocycles. The molecule has 0 fully saturated rings. The van der Waals surface area contributed by atoms with E-state index in [0.717, 1.165) is 16.7 Å². The molecule has 0 saturated heterocycles. The fourth-order valence-corrected chi connectivity index (χ4v) is 1.44. The monoisotopic (exact) mass is 236 g/mol. The highest BCUT2D eigenvalue weighted by Gasteiger charge is 2.19. The predicted octanol–water partition coefficient (Wildman–Crippen LogP) is 3.93. The van der Waals surface area contributed by atoms with E-state index >= 15 is 0 Å². The highest BCUT2D eigenvalue weighted by molar-refractivity contribution is 5.66. The summed E-state index contributed by atoms with van der Waals surface area (Å²) in [5, 5.41) is 0. The minimum absolute atomic E-state index is 0.539. The number of benzene rings is 1. The Morgan fingerprint density at radius 1 is 1.06 bits per heavy atom.